The summed E-state index contributed by atoms with van der Waals surface area (Å²) in [5.41, 5.74) is 14.3. The molecule has 3 heterocycles. The molecule has 0 saturated heterocycles. The number of benzene rings is 8. The van der Waals surface area contributed by atoms with E-state index in [0.717, 1.165) is 55.6 Å². The largest absolute Gasteiger partial charge is 0.309 e. The van der Waals surface area contributed by atoms with Crippen molar-refractivity contribution >= 4 is 43.6 Å². The molecule has 3 aromatic heterocycles. The van der Waals surface area contributed by atoms with Crippen molar-refractivity contribution in [2.45, 2.75) is 0 Å². The third kappa shape index (κ3) is 5.31. The van der Waals surface area contributed by atoms with Crippen molar-refractivity contribution in [1.29, 1.82) is 0 Å². The Morgan fingerprint density at radius 2 is 0.714 bits per heavy atom. The molecule has 0 unspecified atom stereocenters. The molecule has 11 aromatic rings. The van der Waals surface area contributed by atoms with Crippen molar-refractivity contribution in [3.63, 3.8) is 0 Å². The number of hydrogen-bond donors (Lipinski definition) is 0. The van der Waals surface area contributed by atoms with Crippen LogP contribution in [0.15, 0.2) is 206 Å². The van der Waals surface area contributed by atoms with Gasteiger partial charge in [-0.3, -0.25) is 4.57 Å². The van der Waals surface area contributed by atoms with E-state index in [-0.39, 0.29) is 0 Å². The summed E-state index contributed by atoms with van der Waals surface area (Å²) < 4.78 is 4.58. The third-order valence-electron chi connectivity index (χ3n) is 11.0. The number of rotatable bonds is 6. The van der Waals surface area contributed by atoms with Gasteiger partial charge in [0.15, 0.2) is 0 Å². The molecule has 0 fully saturated rings. The van der Waals surface area contributed by atoms with Gasteiger partial charge in [-0.15, -0.1) is 0 Å². The molecule has 262 valence electrons. The van der Waals surface area contributed by atoms with Crippen LogP contribution in [0, 0.1) is 0 Å². The maximum atomic E-state index is 5.20. The summed E-state index contributed by atoms with van der Waals surface area (Å²) in [7, 11) is 0. The Balaban J connectivity index is 1.01. The van der Waals surface area contributed by atoms with Crippen LogP contribution in [0.3, 0.4) is 0 Å². The Hall–Kier alpha value is -7.56. The Bertz CT molecular complexity index is 3160. The molecule has 0 saturated carbocycles. The Kier molecular flexibility index (Phi) is 7.46. The van der Waals surface area contributed by atoms with Crippen molar-refractivity contribution in [3.8, 4) is 56.4 Å². The first-order valence-corrected chi connectivity index (χ1v) is 19.0. The predicted octanol–water partition coefficient (Wildman–Crippen LogP) is 13.3. The second-order valence-electron chi connectivity index (χ2n) is 14.3. The van der Waals surface area contributed by atoms with Crippen molar-refractivity contribution in [3.05, 3.63) is 206 Å². The fourth-order valence-corrected chi connectivity index (χ4v) is 8.28. The summed E-state index contributed by atoms with van der Waals surface area (Å²) >= 11 is 0. The monoisotopic (exact) mass is 714 g/mol. The van der Waals surface area contributed by atoms with Crippen molar-refractivity contribution in [1.82, 2.24) is 19.1 Å². The van der Waals surface area contributed by atoms with E-state index in [1.54, 1.807) is 0 Å². The van der Waals surface area contributed by atoms with Crippen LogP contribution in [0.1, 0.15) is 0 Å². The molecule has 0 spiro atoms. The van der Waals surface area contributed by atoms with Crippen LogP contribution in [0.2, 0.25) is 0 Å². The van der Waals surface area contributed by atoms with E-state index in [4.69, 9.17) is 9.97 Å². The number of nitrogens with zero attached hydrogens (tertiary/aromatic N) is 4. The molecule has 56 heavy (non-hydrogen) atoms. The van der Waals surface area contributed by atoms with Gasteiger partial charge in [0, 0.05) is 38.4 Å². The van der Waals surface area contributed by atoms with Gasteiger partial charge in [-0.1, -0.05) is 158 Å². The highest BCUT2D eigenvalue weighted by atomic mass is 15.2. The Labute approximate surface area is 324 Å². The fourth-order valence-electron chi connectivity index (χ4n) is 8.28. The maximum absolute atomic E-state index is 5.20. The standard InChI is InChI=1S/C52H34N4/c1-4-14-37(15-5-1)46-34-47(38-16-6-2-7-17-38)54-52(53-46)56-49-23-13-11-21-43(49)45-32-39(29-31-50(45)56)35-24-26-36(27-25-35)40-28-30-44-42-20-10-12-22-48(42)55(51(44)33-40)41-18-8-3-9-19-41/h1-34H. The highest BCUT2D eigenvalue weighted by molar-refractivity contribution is 6.11. The maximum Gasteiger partial charge on any atom is 0.235 e. The topological polar surface area (TPSA) is 35.6 Å². The average molecular weight is 715 g/mol. The van der Waals surface area contributed by atoms with Crippen molar-refractivity contribution in [2.24, 2.45) is 0 Å². The first-order chi connectivity index (χ1) is 27.8. The zero-order chi connectivity index (χ0) is 37.0. The number of aromatic nitrogens is 4. The fraction of sp³-hybridized carbons (Fsp3) is 0. The lowest BCUT2D eigenvalue weighted by molar-refractivity contribution is 0.995. The SMILES string of the molecule is c1ccc(-c2cc(-c3ccccc3)nc(-n3c4ccccc4c4cc(-c5ccc(-c6ccc7c8ccccc8n(-c8ccccc8)c7c6)cc5)ccc43)n2)cc1. The molecule has 0 aliphatic rings. The number of fused-ring (bicyclic) bond motifs is 6. The summed E-state index contributed by atoms with van der Waals surface area (Å²) in [6.07, 6.45) is 0. The molecule has 0 radical (unpaired) electrons. The van der Waals surface area contributed by atoms with Crippen LogP contribution in [0.5, 0.6) is 0 Å². The molecular formula is C52H34N4. The lowest BCUT2D eigenvalue weighted by atomic mass is 9.98. The molecule has 8 aromatic carbocycles. The van der Waals surface area contributed by atoms with Crippen LogP contribution in [0.4, 0.5) is 0 Å². The molecule has 0 bridgehead atoms. The highest BCUT2D eigenvalue weighted by Gasteiger charge is 2.18. The minimum Gasteiger partial charge on any atom is -0.309 e. The predicted molar refractivity (Wildman–Crippen MR) is 232 cm³/mol. The van der Waals surface area contributed by atoms with Gasteiger partial charge in [0.25, 0.3) is 0 Å². The molecule has 0 aliphatic heterocycles. The molecule has 0 aliphatic carbocycles. The summed E-state index contributed by atoms with van der Waals surface area (Å²) in [5, 5.41) is 4.84. The van der Waals surface area contributed by atoms with Gasteiger partial charge in [0.2, 0.25) is 5.95 Å². The zero-order valence-electron chi connectivity index (χ0n) is 30.4. The van der Waals surface area contributed by atoms with E-state index in [1.165, 1.54) is 38.5 Å². The molecular weight excluding hydrogens is 681 g/mol. The molecule has 0 N–H and O–H groups in total. The van der Waals surface area contributed by atoms with Crippen molar-refractivity contribution in [2.75, 3.05) is 0 Å². The lowest BCUT2D eigenvalue weighted by Crippen LogP contribution is -2.03. The summed E-state index contributed by atoms with van der Waals surface area (Å²) in [5.74, 6) is 0.650. The van der Waals surface area contributed by atoms with Crippen LogP contribution >= 0.6 is 0 Å². The van der Waals surface area contributed by atoms with E-state index >= 15 is 0 Å². The molecule has 0 amide bonds. The number of para-hydroxylation sites is 3. The zero-order valence-corrected chi connectivity index (χ0v) is 30.4. The van der Waals surface area contributed by atoms with E-state index in [0.29, 0.717) is 5.95 Å². The smallest absolute Gasteiger partial charge is 0.235 e. The summed E-state index contributed by atoms with van der Waals surface area (Å²) in [4.78, 5) is 10.4. The van der Waals surface area contributed by atoms with Gasteiger partial charge >= 0.3 is 0 Å². The molecule has 4 nitrogen and oxygen atoms in total. The van der Waals surface area contributed by atoms with Crippen LogP contribution in [0.25, 0.3) is 100 Å². The van der Waals surface area contributed by atoms with Crippen LogP contribution in [-0.4, -0.2) is 19.1 Å². The van der Waals surface area contributed by atoms with E-state index < -0.39 is 0 Å². The molecule has 4 heteroatoms. The highest BCUT2D eigenvalue weighted by Crippen LogP contribution is 2.38. The van der Waals surface area contributed by atoms with Crippen LogP contribution < -0.4 is 0 Å². The quantitative estimate of drug-likeness (QED) is 0.172. The van der Waals surface area contributed by atoms with Gasteiger partial charge in [0.1, 0.15) is 0 Å². The summed E-state index contributed by atoms with van der Waals surface area (Å²) in [6, 6.07) is 73.2. The third-order valence-corrected chi connectivity index (χ3v) is 11.0. The second kappa shape index (κ2) is 13.1. The van der Waals surface area contributed by atoms with Gasteiger partial charge < -0.3 is 4.57 Å². The first kappa shape index (κ1) is 31.9. The van der Waals surface area contributed by atoms with E-state index in [9.17, 15) is 0 Å². The number of hydrogen-bond acceptors (Lipinski definition) is 2. The van der Waals surface area contributed by atoms with E-state index in [1.807, 2.05) is 12.1 Å². The first-order valence-electron chi connectivity index (χ1n) is 19.0. The minimum absolute atomic E-state index is 0.650. The average Bonchev–Trinajstić information content (AvgIpc) is 3.79. The second-order valence-corrected chi connectivity index (χ2v) is 14.3. The van der Waals surface area contributed by atoms with Gasteiger partial charge in [-0.2, -0.15) is 0 Å². The summed E-state index contributed by atoms with van der Waals surface area (Å²) in [6.45, 7) is 0. The lowest BCUT2D eigenvalue weighted by Gasteiger charge is -2.12. The van der Waals surface area contributed by atoms with Crippen LogP contribution in [-0.2, 0) is 0 Å². The normalized spacial score (nSPS) is 11.6. The van der Waals surface area contributed by atoms with E-state index in [2.05, 4.69) is 203 Å². The molecule has 0 atom stereocenters. The van der Waals surface area contributed by atoms with Gasteiger partial charge in [-0.05, 0) is 70.8 Å². The van der Waals surface area contributed by atoms with Gasteiger partial charge in [-0.25, -0.2) is 9.97 Å². The van der Waals surface area contributed by atoms with Gasteiger partial charge in [0.05, 0.1) is 33.5 Å². The molecule has 11 rings (SSSR count). The van der Waals surface area contributed by atoms with Crippen molar-refractivity contribution < 1.29 is 0 Å². The minimum atomic E-state index is 0.650. The Morgan fingerprint density at radius 1 is 0.268 bits per heavy atom. The Morgan fingerprint density at radius 3 is 1.34 bits per heavy atom.